The van der Waals surface area contributed by atoms with Crippen molar-refractivity contribution in [3.8, 4) is 0 Å². The Bertz CT molecular complexity index is 564. The van der Waals surface area contributed by atoms with Gasteiger partial charge in [-0.3, -0.25) is 9.59 Å². The van der Waals surface area contributed by atoms with Gasteiger partial charge < -0.3 is 14.7 Å². The molecule has 1 saturated carbocycles. The lowest BCUT2D eigenvalue weighted by molar-refractivity contribution is -0.148. The Morgan fingerprint density at radius 1 is 1.41 bits per heavy atom. The number of nitrogens with zero attached hydrogens (tertiary/aromatic N) is 1. The maximum absolute atomic E-state index is 12.8. The Morgan fingerprint density at radius 3 is 2.73 bits per heavy atom. The van der Waals surface area contributed by atoms with Crippen LogP contribution in [0.15, 0.2) is 11.4 Å². The lowest BCUT2D eigenvalue weighted by Gasteiger charge is -2.33. The second-order valence-electron chi connectivity index (χ2n) is 6.12. The van der Waals surface area contributed by atoms with E-state index in [-0.39, 0.29) is 30.3 Å². The van der Waals surface area contributed by atoms with Gasteiger partial charge in [-0.25, -0.2) is 0 Å². The molecule has 0 bridgehead atoms. The number of carbonyl (C=O) groups is 2. The quantitative estimate of drug-likeness (QED) is 0.902. The lowest BCUT2D eigenvalue weighted by Crippen LogP contribution is -2.46. The van der Waals surface area contributed by atoms with Gasteiger partial charge in [-0.15, -0.1) is 11.3 Å². The van der Waals surface area contributed by atoms with Crippen LogP contribution in [0.25, 0.3) is 0 Å². The fourth-order valence-electron chi connectivity index (χ4n) is 3.26. The highest BCUT2D eigenvalue weighted by atomic mass is 32.1. The van der Waals surface area contributed by atoms with Crippen molar-refractivity contribution in [2.24, 2.45) is 5.92 Å². The zero-order valence-corrected chi connectivity index (χ0v) is 13.5. The van der Waals surface area contributed by atoms with E-state index in [2.05, 4.69) is 18.4 Å². The van der Waals surface area contributed by atoms with Crippen molar-refractivity contribution in [3.05, 3.63) is 21.9 Å². The number of hydrogen-bond acceptors (Lipinski definition) is 4. The molecule has 2 fully saturated rings. The summed E-state index contributed by atoms with van der Waals surface area (Å²) in [5, 5.41) is 11.2. The first-order valence-electron chi connectivity index (χ1n) is 7.72. The molecule has 1 aliphatic carbocycles. The van der Waals surface area contributed by atoms with Gasteiger partial charge in [0.05, 0.1) is 0 Å². The monoisotopic (exact) mass is 323 g/mol. The van der Waals surface area contributed by atoms with Crippen LogP contribution in [0.2, 0.25) is 0 Å². The van der Waals surface area contributed by atoms with Crippen molar-refractivity contribution in [2.75, 3.05) is 19.8 Å². The van der Waals surface area contributed by atoms with E-state index in [1.165, 1.54) is 10.4 Å². The lowest BCUT2D eigenvalue weighted by atomic mass is 10.1. The third-order valence-corrected chi connectivity index (χ3v) is 5.72. The predicted molar refractivity (Wildman–Crippen MR) is 83.1 cm³/mol. The molecule has 5 nitrogen and oxygen atoms in total. The third-order valence-electron chi connectivity index (χ3n) is 4.57. The standard InChI is InChI=1S/C16H21NO4S/c1-10-4-7-22-15(10)12-8-13(12)16(20)17(9-14(18)19)11-2-5-21-6-3-11/h4,7,11-13H,2-3,5-6,8-9H2,1H3,(H,18,19)/t12-,13+/m1/s1. The normalized spacial score (nSPS) is 25.0. The van der Waals surface area contributed by atoms with Crippen LogP contribution in [0.4, 0.5) is 0 Å². The maximum atomic E-state index is 12.8. The molecule has 1 aliphatic heterocycles. The number of ether oxygens (including phenoxy) is 1. The molecule has 1 aromatic rings. The zero-order valence-electron chi connectivity index (χ0n) is 12.7. The van der Waals surface area contributed by atoms with Crippen molar-refractivity contribution >= 4 is 23.2 Å². The number of thiophene rings is 1. The SMILES string of the molecule is Cc1ccsc1[C@@H]1C[C@@H]1C(=O)N(CC(=O)O)C1CCOCC1. The van der Waals surface area contributed by atoms with E-state index >= 15 is 0 Å². The van der Waals surface area contributed by atoms with E-state index in [1.807, 2.05) is 0 Å². The molecule has 120 valence electrons. The summed E-state index contributed by atoms with van der Waals surface area (Å²) < 4.78 is 5.32. The maximum Gasteiger partial charge on any atom is 0.323 e. The van der Waals surface area contributed by atoms with E-state index in [0.717, 1.165) is 19.3 Å². The molecule has 2 heterocycles. The van der Waals surface area contributed by atoms with Crippen molar-refractivity contribution in [1.29, 1.82) is 0 Å². The minimum absolute atomic E-state index is 0.00281. The number of hydrogen-bond donors (Lipinski definition) is 1. The Hall–Kier alpha value is -1.40. The molecule has 0 radical (unpaired) electrons. The number of carbonyl (C=O) groups excluding carboxylic acids is 1. The largest absolute Gasteiger partial charge is 0.480 e. The molecule has 2 aliphatic rings. The summed E-state index contributed by atoms with van der Waals surface area (Å²) in [6.45, 7) is 3.08. The second-order valence-corrected chi connectivity index (χ2v) is 7.07. The smallest absolute Gasteiger partial charge is 0.323 e. The van der Waals surface area contributed by atoms with E-state index in [4.69, 9.17) is 9.84 Å². The van der Waals surface area contributed by atoms with Crippen LogP contribution in [0.5, 0.6) is 0 Å². The minimum Gasteiger partial charge on any atom is -0.480 e. The Labute approximate surface area is 133 Å². The summed E-state index contributed by atoms with van der Waals surface area (Å²) in [6.07, 6.45) is 2.31. The average Bonchev–Trinajstić information content (AvgIpc) is 3.19. The third kappa shape index (κ3) is 3.17. The molecular formula is C16H21NO4S. The average molecular weight is 323 g/mol. The van der Waals surface area contributed by atoms with Crippen LogP contribution in [-0.2, 0) is 14.3 Å². The first kappa shape index (κ1) is 15.5. The van der Waals surface area contributed by atoms with E-state index in [9.17, 15) is 9.59 Å². The Morgan fingerprint density at radius 2 is 2.14 bits per heavy atom. The van der Waals surface area contributed by atoms with Gasteiger partial charge >= 0.3 is 5.97 Å². The molecule has 3 rings (SSSR count). The summed E-state index contributed by atoms with van der Waals surface area (Å²) in [6, 6.07) is 2.08. The van der Waals surface area contributed by atoms with Gasteiger partial charge in [0.25, 0.3) is 0 Å². The Balaban J connectivity index is 1.70. The predicted octanol–water partition coefficient (Wildman–Crippen LogP) is 2.25. The zero-order chi connectivity index (χ0) is 15.7. The number of aryl methyl sites for hydroxylation is 1. The fourth-order valence-corrected chi connectivity index (χ4v) is 4.37. The van der Waals surface area contributed by atoms with Crippen LogP contribution in [0, 0.1) is 12.8 Å². The van der Waals surface area contributed by atoms with Crippen molar-refractivity contribution in [2.45, 2.75) is 38.1 Å². The van der Waals surface area contributed by atoms with E-state index in [1.54, 1.807) is 16.2 Å². The summed E-state index contributed by atoms with van der Waals surface area (Å²) in [7, 11) is 0. The molecule has 1 amide bonds. The molecule has 0 unspecified atom stereocenters. The van der Waals surface area contributed by atoms with Crippen LogP contribution in [-0.4, -0.2) is 47.7 Å². The highest BCUT2D eigenvalue weighted by Crippen LogP contribution is 2.51. The highest BCUT2D eigenvalue weighted by Gasteiger charge is 2.48. The number of amides is 1. The molecule has 1 saturated heterocycles. The summed E-state index contributed by atoms with van der Waals surface area (Å²) in [5.74, 6) is -0.695. The Kier molecular flexibility index (Phi) is 4.49. The molecule has 6 heteroatoms. The minimum atomic E-state index is -0.940. The van der Waals surface area contributed by atoms with Gasteiger partial charge in [-0.1, -0.05) is 0 Å². The molecule has 0 aromatic carbocycles. The topological polar surface area (TPSA) is 66.8 Å². The van der Waals surface area contributed by atoms with E-state index in [0.29, 0.717) is 13.2 Å². The van der Waals surface area contributed by atoms with Crippen LogP contribution in [0.1, 0.15) is 35.6 Å². The number of aliphatic carboxylic acids is 1. The summed E-state index contributed by atoms with van der Waals surface area (Å²) in [4.78, 5) is 26.8. The van der Waals surface area contributed by atoms with Gasteiger partial charge in [-0.05, 0) is 43.2 Å². The first-order valence-corrected chi connectivity index (χ1v) is 8.60. The number of carboxylic acid groups (broad SMARTS) is 1. The number of carboxylic acids is 1. The van der Waals surface area contributed by atoms with Gasteiger partial charge in [0, 0.05) is 36.0 Å². The van der Waals surface area contributed by atoms with Crippen LogP contribution >= 0.6 is 11.3 Å². The molecule has 2 atom stereocenters. The van der Waals surface area contributed by atoms with Gasteiger partial charge in [0.15, 0.2) is 0 Å². The molecule has 22 heavy (non-hydrogen) atoms. The first-order chi connectivity index (χ1) is 10.6. The summed E-state index contributed by atoms with van der Waals surface area (Å²) >= 11 is 1.70. The van der Waals surface area contributed by atoms with Gasteiger partial charge in [0.2, 0.25) is 5.91 Å². The fraction of sp³-hybridized carbons (Fsp3) is 0.625. The summed E-state index contributed by atoms with van der Waals surface area (Å²) in [5.41, 5.74) is 1.24. The van der Waals surface area contributed by atoms with Crippen molar-refractivity contribution in [1.82, 2.24) is 4.90 Å². The molecule has 0 spiro atoms. The number of rotatable bonds is 5. The highest BCUT2D eigenvalue weighted by molar-refractivity contribution is 7.10. The molecule has 1 N–H and O–H groups in total. The molecular weight excluding hydrogens is 302 g/mol. The van der Waals surface area contributed by atoms with Crippen molar-refractivity contribution < 1.29 is 19.4 Å². The van der Waals surface area contributed by atoms with E-state index < -0.39 is 5.97 Å². The van der Waals surface area contributed by atoms with Crippen LogP contribution < -0.4 is 0 Å². The van der Waals surface area contributed by atoms with Crippen molar-refractivity contribution in [3.63, 3.8) is 0 Å². The van der Waals surface area contributed by atoms with Gasteiger partial charge in [-0.2, -0.15) is 0 Å². The van der Waals surface area contributed by atoms with Crippen LogP contribution in [0.3, 0.4) is 0 Å². The van der Waals surface area contributed by atoms with Gasteiger partial charge in [0.1, 0.15) is 6.54 Å². The second kappa shape index (κ2) is 6.38. The molecule has 1 aromatic heterocycles.